The van der Waals surface area contributed by atoms with Gasteiger partial charge < -0.3 is 0 Å². The van der Waals surface area contributed by atoms with Gasteiger partial charge in [-0.05, 0) is 0 Å². The first-order valence-corrected chi connectivity index (χ1v) is 18.0. The third-order valence-corrected chi connectivity index (χ3v) is 16.2. The van der Waals surface area contributed by atoms with Crippen LogP contribution in [0.4, 0.5) is 0 Å². The van der Waals surface area contributed by atoms with Crippen molar-refractivity contribution in [1.29, 1.82) is 0 Å². The third-order valence-electron chi connectivity index (χ3n) is 7.44. The maximum absolute atomic E-state index is 7.49. The summed E-state index contributed by atoms with van der Waals surface area (Å²) in [6, 6.07) is 13.1. The van der Waals surface area contributed by atoms with Crippen LogP contribution in [0.3, 0.4) is 0 Å². The minimum atomic E-state index is -4.32. The Labute approximate surface area is 230 Å². The van der Waals surface area contributed by atoms with E-state index in [0.29, 0.717) is 0 Å². The summed E-state index contributed by atoms with van der Waals surface area (Å²) in [4.78, 5) is 0. The summed E-state index contributed by atoms with van der Waals surface area (Å²) in [5.41, 5.74) is 7.57. The van der Waals surface area contributed by atoms with Gasteiger partial charge in [0.1, 0.15) is 0 Å². The Morgan fingerprint density at radius 3 is 1.30 bits per heavy atom. The van der Waals surface area contributed by atoms with Crippen LogP contribution in [0, 0.1) is 38.5 Å². The van der Waals surface area contributed by atoms with Gasteiger partial charge in [0.2, 0.25) is 0 Å². The summed E-state index contributed by atoms with van der Waals surface area (Å²) >= 11 is -4.32. The van der Waals surface area contributed by atoms with E-state index in [1.807, 2.05) is 0 Å². The van der Waals surface area contributed by atoms with Gasteiger partial charge in [-0.2, -0.15) is 0 Å². The van der Waals surface area contributed by atoms with Crippen molar-refractivity contribution in [3.05, 3.63) is 101 Å². The molecule has 37 heavy (non-hydrogen) atoms. The molecule has 0 aliphatic heterocycles. The van der Waals surface area contributed by atoms with Crippen molar-refractivity contribution in [1.82, 2.24) is 0 Å². The molecule has 4 rings (SSSR count). The summed E-state index contributed by atoms with van der Waals surface area (Å²) in [5, 5.41) is 0. The van der Waals surface area contributed by atoms with Gasteiger partial charge >= 0.3 is 232 Å². The first-order valence-electron chi connectivity index (χ1n) is 13.6. The summed E-state index contributed by atoms with van der Waals surface area (Å²) in [5.74, 6) is 1.90. The Morgan fingerprint density at radius 2 is 0.973 bits per heavy atom. The maximum atomic E-state index is 7.49. The Kier molecular flexibility index (Phi) is 7.71. The zero-order chi connectivity index (χ0) is 27.2. The molecule has 0 saturated heterocycles. The average molecular weight is 576 g/mol. The van der Waals surface area contributed by atoms with E-state index in [1.54, 1.807) is 0 Å². The van der Waals surface area contributed by atoms with Crippen molar-refractivity contribution in [2.75, 3.05) is 0 Å². The molecule has 2 aliphatic carbocycles. The van der Waals surface area contributed by atoms with Crippen molar-refractivity contribution >= 4 is 0 Å². The predicted octanol–water partition coefficient (Wildman–Crippen LogP) is 9.88. The standard InChI is InChI=1S/2C9H13.2C8H10O.Zr/c2*1-9(2,3)8-6-4-5-7-8;2*1-6-3-4-8(9)7(2)5-6;/h2*4,6H,5H2,1-3H3;2*3-5,9H,1-2H3;/q;;;;+2/p-2. The van der Waals surface area contributed by atoms with Crippen LogP contribution >= 0.6 is 0 Å². The monoisotopic (exact) mass is 574 g/mol. The molecule has 2 nitrogen and oxygen atoms in total. The molecular weight excluding hydrogens is 532 g/mol. The van der Waals surface area contributed by atoms with Crippen LogP contribution in [0.5, 0.6) is 11.5 Å². The van der Waals surface area contributed by atoms with Gasteiger partial charge in [0.25, 0.3) is 0 Å². The van der Waals surface area contributed by atoms with Gasteiger partial charge in [0.05, 0.1) is 0 Å². The van der Waals surface area contributed by atoms with Gasteiger partial charge in [-0.3, -0.25) is 0 Å². The predicted molar refractivity (Wildman–Crippen MR) is 154 cm³/mol. The van der Waals surface area contributed by atoms with Crippen molar-refractivity contribution in [3.63, 3.8) is 0 Å². The van der Waals surface area contributed by atoms with E-state index in [4.69, 9.17) is 5.63 Å². The summed E-state index contributed by atoms with van der Waals surface area (Å²) < 4.78 is 17.8. The minimum absolute atomic E-state index is 0.00362. The topological polar surface area (TPSA) is 18.5 Å². The van der Waals surface area contributed by atoms with Crippen LogP contribution in [0.2, 0.25) is 0 Å². The molecule has 0 saturated carbocycles. The summed E-state index contributed by atoms with van der Waals surface area (Å²) in [6.07, 6.45) is 11.1. The van der Waals surface area contributed by atoms with E-state index in [-0.39, 0.29) is 10.8 Å². The van der Waals surface area contributed by atoms with Crippen LogP contribution in [-0.4, -0.2) is 0 Å². The fourth-order valence-electron chi connectivity index (χ4n) is 5.63. The second-order valence-electron chi connectivity index (χ2n) is 12.9. The van der Waals surface area contributed by atoms with Crippen molar-refractivity contribution in [2.45, 2.75) is 82.1 Å². The Bertz CT molecular complexity index is 1220. The van der Waals surface area contributed by atoms with E-state index in [2.05, 4.69) is 130 Å². The molecule has 0 atom stereocenters. The molecule has 0 spiro atoms. The third kappa shape index (κ3) is 5.68. The molecule has 0 bridgehead atoms. The van der Waals surface area contributed by atoms with E-state index in [1.165, 1.54) is 28.8 Å². The molecule has 2 aromatic rings. The molecule has 0 N–H and O–H groups in total. The normalized spacial score (nSPS) is 16.3. The van der Waals surface area contributed by atoms with Crippen LogP contribution in [0.15, 0.2) is 78.4 Å². The van der Waals surface area contributed by atoms with Gasteiger partial charge in [-0.15, -0.1) is 0 Å². The van der Waals surface area contributed by atoms with Crippen LogP contribution in [0.25, 0.3) is 0 Å². The zero-order valence-electron chi connectivity index (χ0n) is 24.5. The molecular formula is C34H44O2Zr. The Hall–Kier alpha value is -2.12. The molecule has 2 aromatic carbocycles. The van der Waals surface area contributed by atoms with E-state index in [9.17, 15) is 0 Å². The second kappa shape index (κ2) is 10.2. The molecule has 2 aliphatic rings. The SMILES string of the molecule is Cc1ccc([O][Zr]([O]c2ccc(C)cc2C)([C]2=C(C(C)(C)C)C=CC2)[C]2=C(C(C)(C)C)C=CC2)c(C)c1. The number of aryl methyl sites for hydroxylation is 4. The molecule has 0 unspecified atom stereocenters. The molecule has 196 valence electrons. The van der Waals surface area contributed by atoms with Gasteiger partial charge in [-0.1, -0.05) is 0 Å². The van der Waals surface area contributed by atoms with Crippen LogP contribution in [-0.2, 0) is 21.1 Å². The Balaban J connectivity index is 2.07. The van der Waals surface area contributed by atoms with Crippen molar-refractivity contribution in [3.8, 4) is 11.5 Å². The van der Waals surface area contributed by atoms with Gasteiger partial charge in [0, 0.05) is 0 Å². The van der Waals surface area contributed by atoms with E-state index < -0.39 is 21.1 Å². The number of allylic oxidation sites excluding steroid dienone is 8. The number of hydrogen-bond acceptors (Lipinski definition) is 2. The zero-order valence-corrected chi connectivity index (χ0v) is 27.0. The molecule has 3 heteroatoms. The van der Waals surface area contributed by atoms with E-state index in [0.717, 1.165) is 35.5 Å². The number of benzene rings is 2. The van der Waals surface area contributed by atoms with E-state index >= 15 is 0 Å². The summed E-state index contributed by atoms with van der Waals surface area (Å²) in [7, 11) is 0. The quantitative estimate of drug-likeness (QED) is 0.341. The number of rotatable bonds is 6. The Morgan fingerprint density at radius 1 is 0.595 bits per heavy atom. The molecule has 0 aromatic heterocycles. The van der Waals surface area contributed by atoms with Crippen molar-refractivity contribution < 1.29 is 26.8 Å². The first-order chi connectivity index (χ1) is 17.2. The molecule has 0 fully saturated rings. The first kappa shape index (κ1) is 27.9. The fourth-order valence-corrected chi connectivity index (χ4v) is 16.4. The summed E-state index contributed by atoms with van der Waals surface area (Å²) in [6.45, 7) is 22.5. The molecule has 0 heterocycles. The second-order valence-corrected chi connectivity index (χ2v) is 19.9. The average Bonchev–Trinajstić information content (AvgIpc) is 3.47. The number of hydrogen-bond donors (Lipinski definition) is 0. The van der Waals surface area contributed by atoms with Crippen molar-refractivity contribution in [2.24, 2.45) is 10.8 Å². The van der Waals surface area contributed by atoms with Crippen LogP contribution in [0.1, 0.15) is 76.6 Å². The molecule has 0 radical (unpaired) electrons. The van der Waals surface area contributed by atoms with Crippen LogP contribution < -0.4 is 5.63 Å². The van der Waals surface area contributed by atoms with Gasteiger partial charge in [-0.25, -0.2) is 0 Å². The fraction of sp³-hybridized carbons (Fsp3) is 0.412. The molecule has 0 amide bonds. The van der Waals surface area contributed by atoms with Gasteiger partial charge in [0.15, 0.2) is 0 Å².